The Morgan fingerprint density at radius 2 is 1.73 bits per heavy atom. The quantitative estimate of drug-likeness (QED) is 0.303. The number of nitrogens with one attached hydrogen (secondary N) is 1. The van der Waals surface area contributed by atoms with Crippen LogP contribution in [0.15, 0.2) is 66.9 Å². The predicted octanol–water partition coefficient (Wildman–Crippen LogP) is 6.23. The number of pyridine rings is 1. The molecule has 8 heteroatoms. The molecule has 5 rings (SSSR count). The number of esters is 1. The van der Waals surface area contributed by atoms with Crippen molar-refractivity contribution in [3.63, 3.8) is 0 Å². The number of carbonyl (C=O) groups excluding carboxylic acids is 1. The number of halogens is 1. The Bertz CT molecular complexity index is 1360. The Hall–Kier alpha value is -4.07. The van der Waals surface area contributed by atoms with Crippen LogP contribution in [-0.2, 0) is 9.53 Å². The maximum atomic E-state index is 15.0. The average molecular weight is 501 g/mol. The molecule has 2 aromatic carbocycles. The summed E-state index contributed by atoms with van der Waals surface area (Å²) in [6.45, 7) is 4.18. The number of rotatable bonds is 7. The van der Waals surface area contributed by atoms with Crippen LogP contribution in [-0.4, -0.2) is 38.8 Å². The zero-order chi connectivity index (χ0) is 25.8. The fourth-order valence-electron chi connectivity index (χ4n) is 4.64. The highest BCUT2D eigenvalue weighted by Crippen LogP contribution is 2.38. The number of H-pyrrole nitrogens is 1. The number of hydrogen-bond acceptors (Lipinski definition) is 6. The van der Waals surface area contributed by atoms with Gasteiger partial charge < -0.3 is 14.5 Å². The third-order valence-corrected chi connectivity index (χ3v) is 6.92. The highest BCUT2D eigenvalue weighted by molar-refractivity contribution is 5.76. The van der Waals surface area contributed by atoms with Gasteiger partial charge in [0.25, 0.3) is 0 Å². The van der Waals surface area contributed by atoms with Crippen molar-refractivity contribution in [2.24, 2.45) is 5.41 Å². The minimum absolute atomic E-state index is 0.000243. The summed E-state index contributed by atoms with van der Waals surface area (Å²) in [6, 6.07) is 18.2. The lowest BCUT2D eigenvalue weighted by atomic mass is 9.75. The van der Waals surface area contributed by atoms with E-state index in [2.05, 4.69) is 20.2 Å². The molecule has 0 spiro atoms. The van der Waals surface area contributed by atoms with E-state index < -0.39 is 11.2 Å². The second-order valence-corrected chi connectivity index (χ2v) is 9.57. The van der Waals surface area contributed by atoms with Crippen LogP contribution in [0.3, 0.4) is 0 Å². The van der Waals surface area contributed by atoms with E-state index in [1.165, 1.54) is 6.07 Å². The van der Waals surface area contributed by atoms with Crippen molar-refractivity contribution in [2.45, 2.75) is 45.6 Å². The standard InChI is InChI=1S/C29H29FN4O3/c1-3-36-28(35)29(2)15-13-22(14-16-29)37-25-12-10-21(18-31-25)20-9-11-23(24(30)17-20)27-32-26(33-34-27)19-7-5-4-6-8-19/h4-12,17-18,22H,3,13-16H2,1-2H3,(H,32,33,34)/t22-,29+. The number of aromatic amines is 1. The second kappa shape index (κ2) is 10.5. The SMILES string of the molecule is CCOC(=O)[C@]1(C)CC[C@H](Oc2ccc(-c3ccc(-c4nnc(-c5ccccc5)[nH]4)c(F)c3)cn2)CC1. The molecule has 1 aliphatic rings. The Labute approximate surface area is 215 Å². The van der Waals surface area contributed by atoms with Crippen molar-refractivity contribution >= 4 is 5.97 Å². The maximum absolute atomic E-state index is 15.0. The molecular formula is C29H29FN4O3. The van der Waals surface area contributed by atoms with Crippen molar-refractivity contribution in [2.75, 3.05) is 6.61 Å². The molecule has 0 amide bonds. The van der Waals surface area contributed by atoms with E-state index in [9.17, 15) is 4.79 Å². The average Bonchev–Trinajstić information content (AvgIpc) is 3.41. The Morgan fingerprint density at radius 1 is 1.00 bits per heavy atom. The third-order valence-electron chi connectivity index (χ3n) is 6.92. The van der Waals surface area contributed by atoms with Crippen LogP contribution in [0, 0.1) is 11.2 Å². The van der Waals surface area contributed by atoms with Gasteiger partial charge in [-0.25, -0.2) is 9.37 Å². The van der Waals surface area contributed by atoms with E-state index in [0.717, 1.165) is 36.8 Å². The lowest BCUT2D eigenvalue weighted by Gasteiger charge is -2.35. The summed E-state index contributed by atoms with van der Waals surface area (Å²) in [7, 11) is 0. The molecule has 1 fully saturated rings. The molecule has 190 valence electrons. The summed E-state index contributed by atoms with van der Waals surface area (Å²) in [5, 5.41) is 8.27. The number of ether oxygens (including phenoxy) is 2. The van der Waals surface area contributed by atoms with Gasteiger partial charge in [0, 0.05) is 23.4 Å². The molecular weight excluding hydrogens is 471 g/mol. The minimum atomic E-state index is -0.446. The number of hydrogen-bond donors (Lipinski definition) is 1. The highest BCUT2D eigenvalue weighted by Gasteiger charge is 2.39. The zero-order valence-corrected chi connectivity index (χ0v) is 20.9. The van der Waals surface area contributed by atoms with Gasteiger partial charge in [0.1, 0.15) is 11.9 Å². The lowest BCUT2D eigenvalue weighted by Crippen LogP contribution is -2.37. The summed E-state index contributed by atoms with van der Waals surface area (Å²) in [6.07, 6.45) is 4.64. The Kier molecular flexibility index (Phi) is 6.99. The first kappa shape index (κ1) is 24.6. The molecule has 0 radical (unpaired) electrons. The molecule has 2 aromatic heterocycles. The summed E-state index contributed by atoms with van der Waals surface area (Å²) in [4.78, 5) is 19.8. The van der Waals surface area contributed by atoms with E-state index >= 15 is 4.39 Å². The smallest absolute Gasteiger partial charge is 0.311 e. The summed E-state index contributed by atoms with van der Waals surface area (Å²) < 4.78 is 26.3. The van der Waals surface area contributed by atoms with Crippen LogP contribution >= 0.6 is 0 Å². The van der Waals surface area contributed by atoms with E-state index in [1.54, 1.807) is 18.3 Å². The van der Waals surface area contributed by atoms with Crippen LogP contribution in [0.25, 0.3) is 33.9 Å². The molecule has 0 bridgehead atoms. The van der Waals surface area contributed by atoms with Crippen molar-refractivity contribution in [3.8, 4) is 39.8 Å². The number of aromatic nitrogens is 4. The van der Waals surface area contributed by atoms with Gasteiger partial charge in [-0.05, 0) is 63.3 Å². The number of carbonyl (C=O) groups is 1. The molecule has 1 saturated carbocycles. The van der Waals surface area contributed by atoms with Gasteiger partial charge >= 0.3 is 5.97 Å². The molecule has 1 N–H and O–H groups in total. The Balaban J connectivity index is 1.23. The van der Waals surface area contributed by atoms with E-state index in [0.29, 0.717) is 35.3 Å². The van der Waals surface area contributed by atoms with Crippen molar-refractivity contribution < 1.29 is 18.7 Å². The largest absolute Gasteiger partial charge is 0.474 e. The molecule has 37 heavy (non-hydrogen) atoms. The third kappa shape index (κ3) is 5.38. The van der Waals surface area contributed by atoms with Gasteiger partial charge in [0.2, 0.25) is 5.88 Å². The van der Waals surface area contributed by atoms with Gasteiger partial charge in [-0.2, -0.15) is 0 Å². The first-order chi connectivity index (χ1) is 17.9. The predicted molar refractivity (Wildman–Crippen MR) is 138 cm³/mol. The van der Waals surface area contributed by atoms with Gasteiger partial charge in [0.15, 0.2) is 11.6 Å². The minimum Gasteiger partial charge on any atom is -0.474 e. The zero-order valence-electron chi connectivity index (χ0n) is 20.9. The normalized spacial score (nSPS) is 19.4. The van der Waals surface area contributed by atoms with Crippen LogP contribution in [0.5, 0.6) is 5.88 Å². The van der Waals surface area contributed by atoms with Crippen molar-refractivity contribution in [1.82, 2.24) is 20.2 Å². The Morgan fingerprint density at radius 3 is 2.41 bits per heavy atom. The topological polar surface area (TPSA) is 90.0 Å². The summed E-state index contributed by atoms with van der Waals surface area (Å²) in [5.74, 6) is 0.939. The first-order valence-corrected chi connectivity index (χ1v) is 12.5. The van der Waals surface area contributed by atoms with Gasteiger partial charge in [-0.3, -0.25) is 4.79 Å². The molecule has 7 nitrogen and oxygen atoms in total. The maximum Gasteiger partial charge on any atom is 0.311 e. The van der Waals surface area contributed by atoms with Crippen LogP contribution in [0.2, 0.25) is 0 Å². The molecule has 0 unspecified atom stereocenters. The fraction of sp³-hybridized carbons (Fsp3) is 0.310. The fourth-order valence-corrected chi connectivity index (χ4v) is 4.64. The molecule has 0 saturated heterocycles. The highest BCUT2D eigenvalue weighted by atomic mass is 19.1. The monoisotopic (exact) mass is 500 g/mol. The van der Waals surface area contributed by atoms with Gasteiger partial charge in [0.05, 0.1) is 17.6 Å². The first-order valence-electron chi connectivity index (χ1n) is 12.5. The molecule has 2 heterocycles. The second-order valence-electron chi connectivity index (χ2n) is 9.57. The number of benzene rings is 2. The molecule has 0 aliphatic heterocycles. The number of nitrogens with zero attached hydrogens (tertiary/aromatic N) is 3. The lowest BCUT2D eigenvalue weighted by molar-refractivity contribution is -0.157. The van der Waals surface area contributed by atoms with Crippen molar-refractivity contribution in [3.05, 3.63) is 72.7 Å². The molecule has 4 aromatic rings. The van der Waals surface area contributed by atoms with Crippen LogP contribution < -0.4 is 4.74 Å². The van der Waals surface area contributed by atoms with E-state index in [-0.39, 0.29) is 12.1 Å². The summed E-state index contributed by atoms with van der Waals surface area (Å²) >= 11 is 0. The van der Waals surface area contributed by atoms with Gasteiger partial charge in [-0.15, -0.1) is 10.2 Å². The molecule has 1 aliphatic carbocycles. The van der Waals surface area contributed by atoms with Gasteiger partial charge in [-0.1, -0.05) is 36.4 Å². The van der Waals surface area contributed by atoms with E-state index in [4.69, 9.17) is 9.47 Å². The molecule has 0 atom stereocenters. The van der Waals surface area contributed by atoms with E-state index in [1.807, 2.05) is 56.3 Å². The van der Waals surface area contributed by atoms with Crippen LogP contribution in [0.1, 0.15) is 39.5 Å². The van der Waals surface area contributed by atoms with Crippen molar-refractivity contribution in [1.29, 1.82) is 0 Å². The summed E-state index contributed by atoms with van der Waals surface area (Å²) in [5.41, 5.74) is 2.26. The van der Waals surface area contributed by atoms with Crippen LogP contribution in [0.4, 0.5) is 4.39 Å².